The Bertz CT molecular complexity index is 590. The summed E-state index contributed by atoms with van der Waals surface area (Å²) in [6, 6.07) is 2.13. The maximum absolute atomic E-state index is 13.6. The van der Waals surface area contributed by atoms with Crippen LogP contribution in [0, 0.1) is 18.7 Å². The van der Waals surface area contributed by atoms with Crippen LogP contribution in [0.15, 0.2) is 17.0 Å². The molecule has 0 aliphatic heterocycles. The van der Waals surface area contributed by atoms with Crippen LogP contribution in [0.4, 0.5) is 10.1 Å². The van der Waals surface area contributed by atoms with Gasteiger partial charge in [-0.1, -0.05) is 13.8 Å². The SMILES string of the molecule is Cc1c(N)cc(S(=O)(=O)NCC(C)(O)CC(C)C)cc1F. The Kier molecular flexibility index (Phi) is 5.35. The van der Waals surface area contributed by atoms with Gasteiger partial charge >= 0.3 is 0 Å². The summed E-state index contributed by atoms with van der Waals surface area (Å²) < 4.78 is 40.2. The maximum Gasteiger partial charge on any atom is 0.240 e. The van der Waals surface area contributed by atoms with E-state index in [9.17, 15) is 17.9 Å². The monoisotopic (exact) mass is 318 g/mol. The van der Waals surface area contributed by atoms with Crippen molar-refractivity contribution in [2.45, 2.75) is 44.6 Å². The van der Waals surface area contributed by atoms with E-state index in [1.807, 2.05) is 13.8 Å². The molecule has 1 unspecified atom stereocenters. The van der Waals surface area contributed by atoms with E-state index in [0.717, 1.165) is 6.07 Å². The number of nitrogens with one attached hydrogen (secondary N) is 1. The number of hydrogen-bond donors (Lipinski definition) is 3. The molecule has 4 N–H and O–H groups in total. The molecule has 1 aromatic carbocycles. The molecule has 1 aromatic rings. The van der Waals surface area contributed by atoms with E-state index in [1.165, 1.54) is 13.0 Å². The van der Waals surface area contributed by atoms with Crippen molar-refractivity contribution in [3.63, 3.8) is 0 Å². The maximum atomic E-state index is 13.6. The third kappa shape index (κ3) is 4.94. The highest BCUT2D eigenvalue weighted by Gasteiger charge is 2.25. The summed E-state index contributed by atoms with van der Waals surface area (Å²) in [5.41, 5.74) is 4.70. The number of aliphatic hydroxyl groups is 1. The molecule has 0 saturated carbocycles. The van der Waals surface area contributed by atoms with Gasteiger partial charge in [-0.05, 0) is 38.3 Å². The van der Waals surface area contributed by atoms with Crippen molar-refractivity contribution in [2.75, 3.05) is 12.3 Å². The highest BCUT2D eigenvalue weighted by Crippen LogP contribution is 2.22. The van der Waals surface area contributed by atoms with Gasteiger partial charge in [-0.15, -0.1) is 0 Å². The summed E-state index contributed by atoms with van der Waals surface area (Å²) in [4.78, 5) is -0.247. The van der Waals surface area contributed by atoms with Crippen molar-refractivity contribution in [1.29, 1.82) is 0 Å². The molecule has 0 radical (unpaired) electrons. The number of rotatable bonds is 6. The molecule has 1 rings (SSSR count). The van der Waals surface area contributed by atoms with Crippen LogP contribution in [0.3, 0.4) is 0 Å². The van der Waals surface area contributed by atoms with E-state index >= 15 is 0 Å². The molecule has 0 aliphatic rings. The van der Waals surface area contributed by atoms with Crippen LogP contribution in [0.5, 0.6) is 0 Å². The lowest BCUT2D eigenvalue weighted by Gasteiger charge is -2.25. The topological polar surface area (TPSA) is 92.4 Å². The molecule has 0 aliphatic carbocycles. The number of sulfonamides is 1. The summed E-state index contributed by atoms with van der Waals surface area (Å²) >= 11 is 0. The number of anilines is 1. The molecular weight excluding hydrogens is 295 g/mol. The molecule has 7 heteroatoms. The van der Waals surface area contributed by atoms with Gasteiger partial charge < -0.3 is 10.8 Å². The Labute approximate surface area is 125 Å². The molecule has 0 fully saturated rings. The highest BCUT2D eigenvalue weighted by atomic mass is 32.2. The summed E-state index contributed by atoms with van der Waals surface area (Å²) in [7, 11) is -3.92. The molecule has 0 aromatic heterocycles. The molecule has 120 valence electrons. The van der Waals surface area contributed by atoms with Gasteiger partial charge in [0, 0.05) is 17.8 Å². The van der Waals surface area contributed by atoms with Gasteiger partial charge in [0.1, 0.15) is 5.82 Å². The first kappa shape index (κ1) is 17.9. The van der Waals surface area contributed by atoms with Crippen LogP contribution in [0.25, 0.3) is 0 Å². The second-order valence-corrected chi connectivity index (χ2v) is 7.81. The molecule has 1 atom stereocenters. The van der Waals surface area contributed by atoms with Gasteiger partial charge in [-0.2, -0.15) is 0 Å². The third-order valence-corrected chi connectivity index (χ3v) is 4.54. The van der Waals surface area contributed by atoms with E-state index < -0.39 is 21.4 Å². The third-order valence-electron chi connectivity index (χ3n) is 3.16. The van der Waals surface area contributed by atoms with Crippen molar-refractivity contribution in [2.24, 2.45) is 5.92 Å². The summed E-state index contributed by atoms with van der Waals surface area (Å²) in [5, 5.41) is 10.1. The van der Waals surface area contributed by atoms with E-state index in [0.29, 0.717) is 6.42 Å². The number of halogens is 1. The van der Waals surface area contributed by atoms with Crippen LogP contribution >= 0.6 is 0 Å². The lowest BCUT2D eigenvalue weighted by atomic mass is 9.95. The van der Waals surface area contributed by atoms with Crippen molar-refractivity contribution < 1.29 is 17.9 Å². The van der Waals surface area contributed by atoms with Crippen LogP contribution < -0.4 is 10.5 Å². The quantitative estimate of drug-likeness (QED) is 0.697. The van der Waals surface area contributed by atoms with Gasteiger partial charge in [0.2, 0.25) is 10.0 Å². The average Bonchev–Trinajstić information content (AvgIpc) is 2.31. The van der Waals surface area contributed by atoms with Crippen LogP contribution in [-0.4, -0.2) is 25.7 Å². The summed E-state index contributed by atoms with van der Waals surface area (Å²) in [5.74, 6) is -0.457. The first-order valence-electron chi connectivity index (χ1n) is 6.72. The Morgan fingerprint density at radius 3 is 2.48 bits per heavy atom. The highest BCUT2D eigenvalue weighted by molar-refractivity contribution is 7.89. The molecular formula is C14H23FN2O3S. The van der Waals surface area contributed by atoms with Crippen LogP contribution in [0.2, 0.25) is 0 Å². The molecule has 5 nitrogen and oxygen atoms in total. The van der Waals surface area contributed by atoms with Crippen LogP contribution in [0.1, 0.15) is 32.8 Å². The zero-order valence-electron chi connectivity index (χ0n) is 12.8. The fraction of sp³-hybridized carbons (Fsp3) is 0.571. The lowest BCUT2D eigenvalue weighted by molar-refractivity contribution is 0.0437. The Balaban J connectivity index is 2.93. The number of hydrogen-bond acceptors (Lipinski definition) is 4. The molecule has 0 spiro atoms. The first-order chi connectivity index (χ1) is 9.44. The number of nitrogen functional groups attached to an aromatic ring is 1. The van der Waals surface area contributed by atoms with Gasteiger partial charge in [-0.3, -0.25) is 0 Å². The Morgan fingerprint density at radius 1 is 1.43 bits per heavy atom. The average molecular weight is 318 g/mol. The Morgan fingerprint density at radius 2 is 2.00 bits per heavy atom. The standard InChI is InChI=1S/C14H23FN2O3S/c1-9(2)7-14(4,18)8-17-21(19,20)11-5-12(15)10(3)13(16)6-11/h5-6,9,17-18H,7-8,16H2,1-4H3. The minimum Gasteiger partial charge on any atom is -0.398 e. The predicted molar refractivity (Wildman–Crippen MR) is 80.8 cm³/mol. The van der Waals surface area contributed by atoms with E-state index in [2.05, 4.69) is 4.72 Å². The zero-order valence-corrected chi connectivity index (χ0v) is 13.6. The molecule has 0 amide bonds. The van der Waals surface area contributed by atoms with E-state index in [-0.39, 0.29) is 28.6 Å². The van der Waals surface area contributed by atoms with Crippen molar-refractivity contribution in [1.82, 2.24) is 4.72 Å². The van der Waals surface area contributed by atoms with Crippen molar-refractivity contribution in [3.8, 4) is 0 Å². The van der Waals surface area contributed by atoms with Crippen molar-refractivity contribution in [3.05, 3.63) is 23.5 Å². The van der Waals surface area contributed by atoms with Crippen LogP contribution in [-0.2, 0) is 10.0 Å². The first-order valence-corrected chi connectivity index (χ1v) is 8.20. The molecule has 0 bridgehead atoms. The minimum absolute atomic E-state index is 0.0734. The summed E-state index contributed by atoms with van der Waals surface area (Å²) in [6.07, 6.45) is 0.444. The molecule has 0 saturated heterocycles. The number of nitrogens with two attached hydrogens (primary N) is 1. The fourth-order valence-corrected chi connectivity index (χ4v) is 3.32. The molecule has 21 heavy (non-hydrogen) atoms. The van der Waals surface area contributed by atoms with Gasteiger partial charge in [0.15, 0.2) is 0 Å². The van der Waals surface area contributed by atoms with E-state index in [1.54, 1.807) is 6.92 Å². The minimum atomic E-state index is -3.92. The normalized spacial score (nSPS) is 15.2. The lowest BCUT2D eigenvalue weighted by Crippen LogP contribution is -2.41. The smallest absolute Gasteiger partial charge is 0.240 e. The fourth-order valence-electron chi connectivity index (χ4n) is 2.11. The molecule has 0 heterocycles. The zero-order chi connectivity index (χ0) is 16.4. The summed E-state index contributed by atoms with van der Waals surface area (Å²) in [6.45, 7) is 6.74. The second kappa shape index (κ2) is 6.29. The van der Waals surface area contributed by atoms with Gasteiger partial charge in [-0.25, -0.2) is 17.5 Å². The second-order valence-electron chi connectivity index (χ2n) is 6.04. The number of benzene rings is 1. The Hall–Kier alpha value is -1.18. The largest absolute Gasteiger partial charge is 0.398 e. The van der Waals surface area contributed by atoms with Gasteiger partial charge in [0.05, 0.1) is 10.5 Å². The van der Waals surface area contributed by atoms with Gasteiger partial charge in [0.25, 0.3) is 0 Å². The predicted octanol–water partition coefficient (Wildman–Crippen LogP) is 1.79. The van der Waals surface area contributed by atoms with Crippen molar-refractivity contribution >= 4 is 15.7 Å². The van der Waals surface area contributed by atoms with E-state index in [4.69, 9.17) is 5.73 Å².